The van der Waals surface area contributed by atoms with Gasteiger partial charge < -0.3 is 10.2 Å². The quantitative estimate of drug-likeness (QED) is 0.926. The molecule has 0 amide bonds. The van der Waals surface area contributed by atoms with Gasteiger partial charge in [-0.2, -0.15) is 0 Å². The standard InChI is InChI=1S/C14H22N6/c1-4-19(2)14-18-11-12(17-10-7-5-6-8-10)15-9-16-13(11)20(14)3/h9-10H,4-8H2,1-3H3,(H,15,16,17). The summed E-state index contributed by atoms with van der Waals surface area (Å²) in [5.41, 5.74) is 1.76. The van der Waals surface area contributed by atoms with E-state index < -0.39 is 0 Å². The van der Waals surface area contributed by atoms with Gasteiger partial charge in [0.05, 0.1) is 0 Å². The fraction of sp³-hybridized carbons (Fsp3) is 0.643. The van der Waals surface area contributed by atoms with Crippen molar-refractivity contribution in [2.75, 3.05) is 23.8 Å². The predicted molar refractivity (Wildman–Crippen MR) is 81.1 cm³/mol. The van der Waals surface area contributed by atoms with Crippen LogP contribution in [0.5, 0.6) is 0 Å². The molecule has 0 spiro atoms. The first-order valence-electron chi connectivity index (χ1n) is 7.35. The molecule has 108 valence electrons. The highest BCUT2D eigenvalue weighted by Gasteiger charge is 2.19. The number of aromatic nitrogens is 4. The van der Waals surface area contributed by atoms with Crippen LogP contribution in [0.3, 0.4) is 0 Å². The van der Waals surface area contributed by atoms with Crippen LogP contribution in [0, 0.1) is 0 Å². The van der Waals surface area contributed by atoms with E-state index in [1.807, 2.05) is 18.7 Å². The lowest BCUT2D eigenvalue weighted by Gasteiger charge is -2.14. The maximum Gasteiger partial charge on any atom is 0.207 e. The van der Waals surface area contributed by atoms with Crippen molar-refractivity contribution in [2.24, 2.45) is 7.05 Å². The second-order valence-corrected chi connectivity index (χ2v) is 5.51. The van der Waals surface area contributed by atoms with Crippen molar-refractivity contribution in [1.82, 2.24) is 19.5 Å². The lowest BCUT2D eigenvalue weighted by molar-refractivity contribution is 0.751. The lowest BCUT2D eigenvalue weighted by Crippen LogP contribution is -2.19. The van der Waals surface area contributed by atoms with Gasteiger partial charge in [-0.05, 0) is 19.8 Å². The van der Waals surface area contributed by atoms with Gasteiger partial charge in [-0.25, -0.2) is 15.0 Å². The van der Waals surface area contributed by atoms with Crippen molar-refractivity contribution in [3.8, 4) is 0 Å². The molecule has 0 atom stereocenters. The van der Waals surface area contributed by atoms with E-state index in [4.69, 9.17) is 4.98 Å². The monoisotopic (exact) mass is 274 g/mol. The van der Waals surface area contributed by atoms with Crippen LogP contribution in [-0.4, -0.2) is 39.2 Å². The van der Waals surface area contributed by atoms with Crippen molar-refractivity contribution in [3.05, 3.63) is 6.33 Å². The molecule has 0 aliphatic heterocycles. The van der Waals surface area contributed by atoms with Gasteiger partial charge in [-0.15, -0.1) is 0 Å². The predicted octanol–water partition coefficient (Wildman–Crippen LogP) is 2.17. The largest absolute Gasteiger partial charge is 0.365 e. The molecule has 1 aliphatic carbocycles. The molecule has 2 aromatic rings. The highest BCUT2D eigenvalue weighted by atomic mass is 15.3. The average molecular weight is 274 g/mol. The second-order valence-electron chi connectivity index (χ2n) is 5.51. The van der Waals surface area contributed by atoms with Crippen LogP contribution in [0.25, 0.3) is 11.2 Å². The minimum Gasteiger partial charge on any atom is -0.365 e. The van der Waals surface area contributed by atoms with Crippen LogP contribution in [0.1, 0.15) is 32.6 Å². The summed E-state index contributed by atoms with van der Waals surface area (Å²) >= 11 is 0. The van der Waals surface area contributed by atoms with Gasteiger partial charge in [-0.3, -0.25) is 4.57 Å². The number of rotatable bonds is 4. The Bertz CT molecular complexity index is 599. The van der Waals surface area contributed by atoms with E-state index in [-0.39, 0.29) is 0 Å². The van der Waals surface area contributed by atoms with E-state index in [2.05, 4.69) is 27.1 Å². The molecule has 6 heteroatoms. The summed E-state index contributed by atoms with van der Waals surface area (Å²) in [5.74, 6) is 1.80. The number of imidazole rings is 1. The topological polar surface area (TPSA) is 58.9 Å². The SMILES string of the molecule is CCN(C)c1nc2c(NC3CCCC3)ncnc2n1C. The van der Waals surface area contributed by atoms with Crippen LogP contribution in [0.4, 0.5) is 11.8 Å². The number of anilines is 2. The van der Waals surface area contributed by atoms with E-state index in [1.54, 1.807) is 6.33 Å². The van der Waals surface area contributed by atoms with Crippen LogP contribution in [-0.2, 0) is 7.05 Å². The molecule has 0 aromatic carbocycles. The molecule has 0 radical (unpaired) electrons. The summed E-state index contributed by atoms with van der Waals surface area (Å²) in [4.78, 5) is 15.6. The molecular formula is C14H22N6. The third-order valence-corrected chi connectivity index (χ3v) is 4.14. The molecule has 20 heavy (non-hydrogen) atoms. The minimum absolute atomic E-state index is 0.530. The van der Waals surface area contributed by atoms with Crippen LogP contribution in [0.2, 0.25) is 0 Å². The molecule has 1 fully saturated rings. The van der Waals surface area contributed by atoms with E-state index in [1.165, 1.54) is 25.7 Å². The Morgan fingerprint density at radius 2 is 2.10 bits per heavy atom. The van der Waals surface area contributed by atoms with Gasteiger partial charge >= 0.3 is 0 Å². The summed E-state index contributed by atoms with van der Waals surface area (Å²) in [6, 6.07) is 0.530. The zero-order chi connectivity index (χ0) is 14.1. The number of nitrogens with one attached hydrogen (secondary N) is 1. The number of hydrogen-bond acceptors (Lipinski definition) is 5. The normalized spacial score (nSPS) is 15.9. The number of nitrogens with zero attached hydrogens (tertiary/aromatic N) is 5. The number of hydrogen-bond donors (Lipinski definition) is 1. The first kappa shape index (κ1) is 13.1. The Morgan fingerprint density at radius 3 is 2.80 bits per heavy atom. The van der Waals surface area contributed by atoms with Gasteiger partial charge in [0.1, 0.15) is 6.33 Å². The number of aryl methyl sites for hydroxylation is 1. The molecule has 0 saturated heterocycles. The summed E-state index contributed by atoms with van der Waals surface area (Å²) in [6.45, 7) is 3.03. The summed E-state index contributed by atoms with van der Waals surface area (Å²) in [5, 5.41) is 3.54. The molecule has 2 heterocycles. The van der Waals surface area contributed by atoms with Crippen molar-refractivity contribution >= 4 is 22.9 Å². The van der Waals surface area contributed by atoms with Crippen molar-refractivity contribution < 1.29 is 0 Å². The van der Waals surface area contributed by atoms with E-state index in [0.29, 0.717) is 6.04 Å². The Balaban J connectivity index is 2.00. The van der Waals surface area contributed by atoms with Crippen LogP contribution >= 0.6 is 0 Å². The fourth-order valence-corrected chi connectivity index (χ4v) is 2.84. The Labute approximate surface area is 119 Å². The molecule has 2 aromatic heterocycles. The van der Waals surface area contributed by atoms with Gasteiger partial charge in [0.15, 0.2) is 17.0 Å². The fourth-order valence-electron chi connectivity index (χ4n) is 2.84. The summed E-state index contributed by atoms with van der Waals surface area (Å²) in [7, 11) is 4.04. The van der Waals surface area contributed by atoms with Gasteiger partial charge in [0.25, 0.3) is 0 Å². The van der Waals surface area contributed by atoms with Crippen LogP contribution in [0.15, 0.2) is 6.33 Å². The maximum absolute atomic E-state index is 4.73. The van der Waals surface area contributed by atoms with Crippen molar-refractivity contribution in [2.45, 2.75) is 38.6 Å². The van der Waals surface area contributed by atoms with Gasteiger partial charge in [0.2, 0.25) is 5.95 Å². The Hall–Kier alpha value is -1.85. The summed E-state index contributed by atoms with van der Waals surface area (Å²) < 4.78 is 2.03. The molecule has 1 aliphatic rings. The molecule has 1 saturated carbocycles. The second kappa shape index (κ2) is 5.26. The first-order valence-corrected chi connectivity index (χ1v) is 7.35. The van der Waals surface area contributed by atoms with E-state index >= 15 is 0 Å². The third kappa shape index (κ3) is 2.19. The molecule has 0 unspecified atom stereocenters. The highest BCUT2D eigenvalue weighted by molar-refractivity contribution is 5.85. The summed E-state index contributed by atoms with van der Waals surface area (Å²) in [6.07, 6.45) is 6.67. The molecule has 6 nitrogen and oxygen atoms in total. The highest BCUT2D eigenvalue weighted by Crippen LogP contribution is 2.27. The third-order valence-electron chi connectivity index (χ3n) is 4.14. The average Bonchev–Trinajstić information content (AvgIpc) is 3.07. The molecule has 0 bridgehead atoms. The Kier molecular flexibility index (Phi) is 3.46. The first-order chi connectivity index (χ1) is 9.70. The lowest BCUT2D eigenvalue weighted by atomic mass is 10.2. The van der Waals surface area contributed by atoms with Crippen molar-refractivity contribution in [1.29, 1.82) is 0 Å². The zero-order valence-electron chi connectivity index (χ0n) is 12.4. The van der Waals surface area contributed by atoms with Crippen molar-refractivity contribution in [3.63, 3.8) is 0 Å². The minimum atomic E-state index is 0.530. The molecule has 1 N–H and O–H groups in total. The van der Waals surface area contributed by atoms with Crippen LogP contribution < -0.4 is 10.2 Å². The molecular weight excluding hydrogens is 252 g/mol. The molecule has 3 rings (SSSR count). The zero-order valence-corrected chi connectivity index (χ0v) is 12.4. The van der Waals surface area contributed by atoms with Gasteiger partial charge in [0, 0.05) is 26.7 Å². The maximum atomic E-state index is 4.73. The van der Waals surface area contributed by atoms with E-state index in [9.17, 15) is 0 Å². The number of fused-ring (bicyclic) bond motifs is 1. The Morgan fingerprint density at radius 1 is 1.35 bits per heavy atom. The smallest absolute Gasteiger partial charge is 0.207 e. The van der Waals surface area contributed by atoms with Gasteiger partial charge in [-0.1, -0.05) is 12.8 Å². The van der Waals surface area contributed by atoms with E-state index in [0.717, 1.165) is 29.5 Å².